The van der Waals surface area contributed by atoms with Gasteiger partial charge in [0.1, 0.15) is 5.54 Å². The predicted molar refractivity (Wildman–Crippen MR) is 84.8 cm³/mol. The van der Waals surface area contributed by atoms with Crippen LogP contribution >= 0.6 is 0 Å². The van der Waals surface area contributed by atoms with Crippen LogP contribution in [-0.4, -0.2) is 36.7 Å². The predicted octanol–water partition coefficient (Wildman–Crippen LogP) is 2.15. The molecule has 0 aromatic heterocycles. The molecule has 6 heteroatoms. The summed E-state index contributed by atoms with van der Waals surface area (Å²) in [5, 5.41) is 12.2. The van der Waals surface area contributed by atoms with E-state index in [2.05, 4.69) is 5.32 Å². The number of carbonyl (C=O) groups is 2. The number of aliphatic carboxylic acids is 1. The fraction of sp³-hybridized carbons (Fsp3) is 0.529. The molecule has 1 fully saturated rings. The number of benzene rings is 1. The van der Waals surface area contributed by atoms with E-state index in [1.807, 2.05) is 0 Å². The van der Waals surface area contributed by atoms with Gasteiger partial charge in [-0.1, -0.05) is 25.3 Å². The number of nitrogens with one attached hydrogen (secondary N) is 1. The minimum atomic E-state index is -1.12. The topological polar surface area (TPSA) is 84.9 Å². The molecule has 2 N–H and O–H groups in total. The van der Waals surface area contributed by atoms with Crippen molar-refractivity contribution < 1.29 is 24.2 Å². The molecule has 0 atom stereocenters. The van der Waals surface area contributed by atoms with Crippen LogP contribution in [0.4, 0.5) is 0 Å². The van der Waals surface area contributed by atoms with Crippen LogP contribution in [0.5, 0.6) is 11.5 Å². The minimum absolute atomic E-state index is 0.107. The molecule has 0 radical (unpaired) electrons. The third-order valence-electron chi connectivity index (χ3n) is 4.31. The van der Waals surface area contributed by atoms with E-state index >= 15 is 0 Å². The molecule has 0 bridgehead atoms. The van der Waals surface area contributed by atoms with Crippen molar-refractivity contribution in [2.45, 2.75) is 44.1 Å². The van der Waals surface area contributed by atoms with Gasteiger partial charge in [-0.15, -0.1) is 0 Å². The summed E-state index contributed by atoms with van der Waals surface area (Å²) in [6.45, 7) is 0. The second-order valence-corrected chi connectivity index (χ2v) is 5.86. The maximum atomic E-state index is 12.3. The van der Waals surface area contributed by atoms with E-state index in [0.29, 0.717) is 24.3 Å². The first-order valence-electron chi connectivity index (χ1n) is 7.76. The number of carbonyl (C=O) groups excluding carboxylic acids is 1. The fourth-order valence-corrected chi connectivity index (χ4v) is 3.03. The van der Waals surface area contributed by atoms with Crippen molar-refractivity contribution in [3.05, 3.63) is 23.8 Å². The third-order valence-corrected chi connectivity index (χ3v) is 4.31. The number of rotatable bonds is 6. The largest absolute Gasteiger partial charge is 0.493 e. The number of hydrogen-bond acceptors (Lipinski definition) is 4. The number of carboxylic acids is 1. The molecule has 1 amide bonds. The van der Waals surface area contributed by atoms with E-state index < -0.39 is 11.5 Å². The molecule has 126 valence electrons. The Morgan fingerprint density at radius 2 is 1.78 bits per heavy atom. The van der Waals surface area contributed by atoms with Crippen LogP contribution in [0.1, 0.15) is 37.7 Å². The number of ether oxygens (including phenoxy) is 2. The average Bonchev–Trinajstić information content (AvgIpc) is 2.55. The number of amides is 1. The zero-order chi connectivity index (χ0) is 16.9. The first kappa shape index (κ1) is 17.1. The molecule has 1 aromatic rings. The molecule has 1 aliphatic carbocycles. The van der Waals surface area contributed by atoms with Crippen LogP contribution in [0.2, 0.25) is 0 Å². The second kappa shape index (κ2) is 7.35. The molecule has 1 aromatic carbocycles. The Bertz CT molecular complexity index is 578. The van der Waals surface area contributed by atoms with E-state index in [1.165, 1.54) is 7.11 Å². The first-order valence-corrected chi connectivity index (χ1v) is 7.76. The number of carboxylic acid groups (broad SMARTS) is 1. The Morgan fingerprint density at radius 1 is 1.13 bits per heavy atom. The molecule has 0 unspecified atom stereocenters. The Balaban J connectivity index is 2.08. The Hall–Kier alpha value is -2.24. The SMILES string of the molecule is COc1ccc(CC(=O)NC2(C(=O)O)CCCCC2)cc1OC. The molecule has 23 heavy (non-hydrogen) atoms. The molecule has 0 heterocycles. The van der Waals surface area contributed by atoms with Crippen LogP contribution in [0.3, 0.4) is 0 Å². The van der Waals surface area contributed by atoms with Gasteiger partial charge in [0.25, 0.3) is 0 Å². The molecule has 6 nitrogen and oxygen atoms in total. The molecule has 0 spiro atoms. The maximum Gasteiger partial charge on any atom is 0.329 e. The lowest BCUT2D eigenvalue weighted by atomic mass is 9.81. The normalized spacial score (nSPS) is 16.4. The highest BCUT2D eigenvalue weighted by molar-refractivity contribution is 5.88. The molecule has 0 saturated heterocycles. The van der Waals surface area contributed by atoms with Gasteiger partial charge in [-0.05, 0) is 30.5 Å². The van der Waals surface area contributed by atoms with Gasteiger partial charge in [0, 0.05) is 0 Å². The molecule has 2 rings (SSSR count). The van der Waals surface area contributed by atoms with Gasteiger partial charge in [-0.2, -0.15) is 0 Å². The van der Waals surface area contributed by atoms with Gasteiger partial charge in [-0.25, -0.2) is 4.79 Å². The van der Waals surface area contributed by atoms with Crippen molar-refractivity contribution in [2.75, 3.05) is 14.2 Å². The summed E-state index contributed by atoms with van der Waals surface area (Å²) < 4.78 is 10.4. The van der Waals surface area contributed by atoms with Crippen molar-refractivity contribution in [1.82, 2.24) is 5.32 Å². The first-order chi connectivity index (χ1) is 11.0. The lowest BCUT2D eigenvalue weighted by Gasteiger charge is -2.34. The summed E-state index contributed by atoms with van der Waals surface area (Å²) in [6, 6.07) is 5.23. The van der Waals surface area contributed by atoms with Crippen LogP contribution in [-0.2, 0) is 16.0 Å². The minimum Gasteiger partial charge on any atom is -0.493 e. The van der Waals surface area contributed by atoms with Gasteiger partial charge < -0.3 is 19.9 Å². The smallest absolute Gasteiger partial charge is 0.329 e. The number of methoxy groups -OCH3 is 2. The van der Waals surface area contributed by atoms with E-state index in [-0.39, 0.29) is 12.3 Å². The zero-order valence-corrected chi connectivity index (χ0v) is 13.6. The summed E-state index contributed by atoms with van der Waals surface area (Å²) in [5.74, 6) is -0.103. The monoisotopic (exact) mass is 321 g/mol. The Morgan fingerprint density at radius 3 is 2.35 bits per heavy atom. The molecule has 1 saturated carbocycles. The lowest BCUT2D eigenvalue weighted by molar-refractivity contribution is -0.149. The van der Waals surface area contributed by atoms with Crippen molar-refractivity contribution in [2.24, 2.45) is 0 Å². The summed E-state index contributed by atoms with van der Waals surface area (Å²) in [7, 11) is 3.08. The van der Waals surface area contributed by atoms with E-state index in [9.17, 15) is 14.7 Å². The summed E-state index contributed by atoms with van der Waals surface area (Å²) in [5.41, 5.74) is -0.372. The quantitative estimate of drug-likeness (QED) is 0.838. The van der Waals surface area contributed by atoms with Crippen LogP contribution in [0.25, 0.3) is 0 Å². The third kappa shape index (κ3) is 3.94. The van der Waals surface area contributed by atoms with Crippen LogP contribution in [0, 0.1) is 0 Å². The Labute approximate surface area is 135 Å². The second-order valence-electron chi connectivity index (χ2n) is 5.86. The molecular formula is C17H23NO5. The summed E-state index contributed by atoms with van der Waals surface area (Å²) >= 11 is 0. The van der Waals surface area contributed by atoms with E-state index in [4.69, 9.17) is 9.47 Å². The number of hydrogen-bond donors (Lipinski definition) is 2. The molecule has 0 aliphatic heterocycles. The van der Waals surface area contributed by atoms with Crippen molar-refractivity contribution in [1.29, 1.82) is 0 Å². The molecule has 1 aliphatic rings. The van der Waals surface area contributed by atoms with Crippen molar-refractivity contribution >= 4 is 11.9 Å². The zero-order valence-electron chi connectivity index (χ0n) is 13.6. The lowest BCUT2D eigenvalue weighted by Crippen LogP contribution is -2.55. The van der Waals surface area contributed by atoms with Gasteiger partial charge in [0.15, 0.2) is 11.5 Å². The summed E-state index contributed by atoms with van der Waals surface area (Å²) in [4.78, 5) is 23.9. The van der Waals surface area contributed by atoms with Crippen LogP contribution < -0.4 is 14.8 Å². The maximum absolute atomic E-state index is 12.3. The van der Waals surface area contributed by atoms with Gasteiger partial charge in [-0.3, -0.25) is 4.79 Å². The summed E-state index contributed by atoms with van der Waals surface area (Å²) in [6.07, 6.45) is 3.74. The van der Waals surface area contributed by atoms with Gasteiger partial charge >= 0.3 is 5.97 Å². The standard InChI is InChI=1S/C17H23NO5/c1-22-13-7-6-12(10-14(13)23-2)11-15(19)18-17(16(20)21)8-4-3-5-9-17/h6-7,10H,3-5,8-9,11H2,1-2H3,(H,18,19)(H,20,21). The van der Waals surface area contributed by atoms with E-state index in [1.54, 1.807) is 25.3 Å². The average molecular weight is 321 g/mol. The van der Waals surface area contributed by atoms with Gasteiger partial charge in [0.05, 0.1) is 20.6 Å². The van der Waals surface area contributed by atoms with E-state index in [0.717, 1.165) is 24.8 Å². The highest BCUT2D eigenvalue weighted by atomic mass is 16.5. The van der Waals surface area contributed by atoms with Crippen molar-refractivity contribution in [3.8, 4) is 11.5 Å². The van der Waals surface area contributed by atoms with Gasteiger partial charge in [0.2, 0.25) is 5.91 Å². The van der Waals surface area contributed by atoms with Crippen molar-refractivity contribution in [3.63, 3.8) is 0 Å². The van der Waals surface area contributed by atoms with Crippen LogP contribution in [0.15, 0.2) is 18.2 Å². The highest BCUT2D eigenvalue weighted by Gasteiger charge is 2.40. The molecular weight excluding hydrogens is 298 g/mol. The highest BCUT2D eigenvalue weighted by Crippen LogP contribution is 2.30. The fourth-order valence-electron chi connectivity index (χ4n) is 3.03. The Kier molecular flexibility index (Phi) is 5.47.